The molecule has 0 radical (unpaired) electrons. The van der Waals surface area contributed by atoms with E-state index in [-0.39, 0.29) is 0 Å². The Hall–Kier alpha value is -0.0800. The minimum Gasteiger partial charge on any atom is -0.385 e. The Morgan fingerprint density at radius 1 is 1.44 bits per heavy atom. The number of nitrogens with zero attached hydrogens (tertiary/aromatic N) is 1. The molecule has 0 saturated heterocycles. The highest BCUT2D eigenvalue weighted by molar-refractivity contribution is 4.57. The summed E-state index contributed by atoms with van der Waals surface area (Å²) in [4.78, 5) is 2.19. The van der Waals surface area contributed by atoms with E-state index in [1.54, 1.807) is 7.11 Å². The number of hydrogen-bond acceptors (Lipinski definition) is 2. The van der Waals surface area contributed by atoms with E-state index >= 15 is 0 Å². The second kappa shape index (κ2) is 4.77. The van der Waals surface area contributed by atoms with Gasteiger partial charge < -0.3 is 9.64 Å². The highest BCUT2D eigenvalue weighted by atomic mass is 16.5. The van der Waals surface area contributed by atoms with Gasteiger partial charge in [-0.05, 0) is 27.4 Å². The molecule has 1 atom stereocenters. The third-order valence-corrected chi connectivity index (χ3v) is 1.62. The topological polar surface area (TPSA) is 12.5 Å². The first-order valence-electron chi connectivity index (χ1n) is 3.34. The van der Waals surface area contributed by atoms with E-state index < -0.39 is 0 Å². The average molecular weight is 131 g/mol. The lowest BCUT2D eigenvalue weighted by molar-refractivity contribution is 0.163. The molecule has 9 heavy (non-hydrogen) atoms. The van der Waals surface area contributed by atoms with E-state index in [0.29, 0.717) is 6.04 Å². The number of rotatable bonds is 4. The van der Waals surface area contributed by atoms with Crippen molar-refractivity contribution in [2.24, 2.45) is 0 Å². The molecule has 0 saturated carbocycles. The molecular weight excluding hydrogens is 114 g/mol. The van der Waals surface area contributed by atoms with Gasteiger partial charge in [-0.1, -0.05) is 0 Å². The zero-order valence-electron chi connectivity index (χ0n) is 6.85. The summed E-state index contributed by atoms with van der Waals surface area (Å²) in [7, 11) is 5.91. The van der Waals surface area contributed by atoms with Crippen LogP contribution in [0.15, 0.2) is 0 Å². The summed E-state index contributed by atoms with van der Waals surface area (Å²) < 4.78 is 4.94. The Bertz CT molecular complexity index is 63.9. The smallest absolute Gasteiger partial charge is 0.0477 e. The standard InChI is InChI=1S/C7H17NO/c1-7(8(2)3)5-6-9-4/h7H,5-6H2,1-4H3. The van der Waals surface area contributed by atoms with Gasteiger partial charge in [0.05, 0.1) is 0 Å². The van der Waals surface area contributed by atoms with Gasteiger partial charge in [-0.25, -0.2) is 0 Å². The van der Waals surface area contributed by atoms with E-state index in [1.807, 2.05) is 0 Å². The van der Waals surface area contributed by atoms with Crippen LogP contribution in [0.25, 0.3) is 0 Å². The maximum absolute atomic E-state index is 4.94. The molecule has 0 aromatic rings. The summed E-state index contributed by atoms with van der Waals surface area (Å²) in [6.07, 6.45) is 1.11. The Labute approximate surface area is 57.8 Å². The van der Waals surface area contributed by atoms with Gasteiger partial charge in [0.25, 0.3) is 0 Å². The number of ether oxygens (including phenoxy) is 1. The lowest BCUT2D eigenvalue weighted by atomic mass is 10.2. The van der Waals surface area contributed by atoms with E-state index in [4.69, 9.17) is 4.74 Å². The Balaban J connectivity index is 3.16. The highest BCUT2D eigenvalue weighted by Gasteiger charge is 2.01. The van der Waals surface area contributed by atoms with E-state index in [1.165, 1.54) is 0 Å². The van der Waals surface area contributed by atoms with Gasteiger partial charge in [0.2, 0.25) is 0 Å². The minimum atomic E-state index is 0.630. The van der Waals surface area contributed by atoms with Crippen LogP contribution in [0.2, 0.25) is 0 Å². The molecule has 0 rings (SSSR count). The second-order valence-corrected chi connectivity index (χ2v) is 2.59. The third kappa shape index (κ3) is 4.43. The van der Waals surface area contributed by atoms with Crippen LogP contribution in [-0.4, -0.2) is 38.8 Å². The summed E-state index contributed by atoms with van der Waals surface area (Å²) in [5, 5.41) is 0. The maximum atomic E-state index is 4.94. The van der Waals surface area contributed by atoms with Gasteiger partial charge in [0, 0.05) is 19.8 Å². The molecule has 0 fully saturated rings. The number of hydrogen-bond donors (Lipinski definition) is 0. The first-order valence-corrected chi connectivity index (χ1v) is 3.34. The lowest BCUT2D eigenvalue weighted by Gasteiger charge is -2.18. The molecule has 0 bridgehead atoms. The van der Waals surface area contributed by atoms with Crippen molar-refractivity contribution in [3.05, 3.63) is 0 Å². The summed E-state index contributed by atoms with van der Waals surface area (Å²) in [6, 6.07) is 0.630. The molecule has 0 heterocycles. The summed E-state index contributed by atoms with van der Waals surface area (Å²) in [6.45, 7) is 3.05. The predicted molar refractivity (Wildman–Crippen MR) is 39.6 cm³/mol. The molecule has 2 nitrogen and oxygen atoms in total. The van der Waals surface area contributed by atoms with Gasteiger partial charge in [-0.2, -0.15) is 0 Å². The van der Waals surface area contributed by atoms with Crippen molar-refractivity contribution in [1.82, 2.24) is 4.90 Å². The van der Waals surface area contributed by atoms with Gasteiger partial charge in [-0.3, -0.25) is 0 Å². The Morgan fingerprint density at radius 3 is 2.33 bits per heavy atom. The van der Waals surface area contributed by atoms with Gasteiger partial charge in [0.1, 0.15) is 0 Å². The third-order valence-electron chi connectivity index (χ3n) is 1.62. The van der Waals surface area contributed by atoms with Crippen LogP contribution in [0.3, 0.4) is 0 Å². The molecule has 56 valence electrons. The van der Waals surface area contributed by atoms with Crippen molar-refractivity contribution in [2.75, 3.05) is 27.8 Å². The summed E-state index contributed by atoms with van der Waals surface area (Å²) >= 11 is 0. The van der Waals surface area contributed by atoms with Crippen LogP contribution in [0.1, 0.15) is 13.3 Å². The lowest BCUT2D eigenvalue weighted by Crippen LogP contribution is -2.25. The molecule has 0 spiro atoms. The summed E-state index contributed by atoms with van der Waals surface area (Å²) in [5.74, 6) is 0. The predicted octanol–water partition coefficient (Wildman–Crippen LogP) is 0.973. The molecular formula is C7H17NO. The maximum Gasteiger partial charge on any atom is 0.0477 e. The molecule has 0 amide bonds. The van der Waals surface area contributed by atoms with Gasteiger partial charge in [-0.15, -0.1) is 0 Å². The highest BCUT2D eigenvalue weighted by Crippen LogP contribution is 1.96. The molecule has 0 aliphatic rings. The quantitative estimate of drug-likeness (QED) is 0.563. The number of methoxy groups -OCH3 is 1. The van der Waals surface area contributed by atoms with Crippen molar-refractivity contribution >= 4 is 0 Å². The van der Waals surface area contributed by atoms with E-state index in [2.05, 4.69) is 25.9 Å². The molecule has 1 unspecified atom stereocenters. The van der Waals surface area contributed by atoms with Gasteiger partial charge in [0.15, 0.2) is 0 Å². The average Bonchev–Trinajstić information content (AvgIpc) is 1.82. The fourth-order valence-electron chi connectivity index (χ4n) is 0.547. The normalized spacial score (nSPS) is 14.3. The molecule has 0 aromatic heterocycles. The van der Waals surface area contributed by atoms with Crippen molar-refractivity contribution in [2.45, 2.75) is 19.4 Å². The second-order valence-electron chi connectivity index (χ2n) is 2.59. The Kier molecular flexibility index (Phi) is 4.72. The zero-order chi connectivity index (χ0) is 7.28. The monoisotopic (exact) mass is 131 g/mol. The zero-order valence-corrected chi connectivity index (χ0v) is 6.85. The fraction of sp³-hybridized carbons (Fsp3) is 1.00. The van der Waals surface area contributed by atoms with Crippen molar-refractivity contribution in [1.29, 1.82) is 0 Å². The van der Waals surface area contributed by atoms with Crippen molar-refractivity contribution < 1.29 is 4.74 Å². The van der Waals surface area contributed by atoms with Gasteiger partial charge >= 0.3 is 0 Å². The molecule has 0 aliphatic heterocycles. The fourth-order valence-corrected chi connectivity index (χ4v) is 0.547. The largest absolute Gasteiger partial charge is 0.385 e. The van der Waals surface area contributed by atoms with E-state index in [0.717, 1.165) is 13.0 Å². The van der Waals surface area contributed by atoms with Crippen LogP contribution in [0.4, 0.5) is 0 Å². The van der Waals surface area contributed by atoms with Crippen molar-refractivity contribution in [3.8, 4) is 0 Å². The van der Waals surface area contributed by atoms with Crippen LogP contribution >= 0.6 is 0 Å². The first-order chi connectivity index (χ1) is 4.18. The van der Waals surface area contributed by atoms with E-state index in [9.17, 15) is 0 Å². The molecule has 0 aliphatic carbocycles. The first kappa shape index (κ1) is 8.92. The molecule has 0 aromatic carbocycles. The molecule has 0 N–H and O–H groups in total. The van der Waals surface area contributed by atoms with Crippen molar-refractivity contribution in [3.63, 3.8) is 0 Å². The van der Waals surface area contributed by atoms with Crippen LogP contribution in [-0.2, 0) is 4.74 Å². The van der Waals surface area contributed by atoms with Crippen LogP contribution in [0, 0.1) is 0 Å². The molecule has 2 heteroatoms. The summed E-state index contributed by atoms with van der Waals surface area (Å²) in [5.41, 5.74) is 0. The van der Waals surface area contributed by atoms with Crippen LogP contribution < -0.4 is 0 Å². The Morgan fingerprint density at radius 2 is 2.00 bits per heavy atom. The SMILES string of the molecule is COCCC(C)N(C)C. The van der Waals surface area contributed by atoms with Crippen LogP contribution in [0.5, 0.6) is 0 Å². The minimum absolute atomic E-state index is 0.630.